The lowest BCUT2D eigenvalue weighted by atomic mass is 10.2. The molecule has 0 aromatic rings. The molecule has 1 unspecified atom stereocenters. The molecule has 6 heteroatoms. The van der Waals surface area contributed by atoms with E-state index in [0.29, 0.717) is 0 Å². The number of carbonyl (C=O) groups is 2. The molecule has 0 bridgehead atoms. The zero-order chi connectivity index (χ0) is 12.5. The second-order valence-electron chi connectivity index (χ2n) is 4.35. The molecule has 1 aliphatic heterocycles. The summed E-state index contributed by atoms with van der Waals surface area (Å²) in [6.07, 6.45) is -1.25. The smallest absolute Gasteiger partial charge is 0.418 e. The Hall–Kier alpha value is -1.04. The summed E-state index contributed by atoms with van der Waals surface area (Å²) in [6.45, 7) is 6.87. The third-order valence-corrected chi connectivity index (χ3v) is 2.24. The van der Waals surface area contributed by atoms with Gasteiger partial charge < -0.3 is 9.47 Å². The number of esters is 1. The van der Waals surface area contributed by atoms with E-state index in [-0.39, 0.29) is 5.70 Å². The lowest BCUT2D eigenvalue weighted by Crippen LogP contribution is -2.38. The van der Waals surface area contributed by atoms with Crippen molar-refractivity contribution in [2.45, 2.75) is 39.5 Å². The van der Waals surface area contributed by atoms with Crippen LogP contribution in [0.3, 0.4) is 0 Å². The van der Waals surface area contributed by atoms with E-state index >= 15 is 0 Å². The average Bonchev–Trinajstić information content (AvgIpc) is 2.37. The van der Waals surface area contributed by atoms with Crippen LogP contribution in [0, 0.1) is 0 Å². The molecule has 0 N–H and O–H groups in total. The molecule has 1 aliphatic rings. The lowest BCUT2D eigenvalue weighted by Gasteiger charge is -2.25. The van der Waals surface area contributed by atoms with Crippen LogP contribution in [0.1, 0.15) is 27.7 Å². The molecule has 5 nitrogen and oxygen atoms in total. The fourth-order valence-electron chi connectivity index (χ4n) is 1.22. The quantitative estimate of drug-likeness (QED) is 0.508. The standard InChI is InChI=1S/C10H14BrNO4/c1-6-12(7(5-11)8(13)15-6)9(14)16-10(2,3)4/h5-6H,1-4H3/b7-5-. The maximum atomic E-state index is 11.8. The molecule has 0 aromatic carbocycles. The molecular formula is C10H14BrNO4. The number of cyclic esters (lactones) is 1. The minimum Gasteiger partial charge on any atom is -0.443 e. The molecule has 0 aromatic heterocycles. The lowest BCUT2D eigenvalue weighted by molar-refractivity contribution is -0.139. The molecule has 1 heterocycles. The first-order valence-electron chi connectivity index (χ1n) is 4.80. The van der Waals surface area contributed by atoms with Gasteiger partial charge in [-0.1, -0.05) is 15.9 Å². The van der Waals surface area contributed by atoms with Gasteiger partial charge in [0.2, 0.25) is 0 Å². The molecule has 16 heavy (non-hydrogen) atoms. The van der Waals surface area contributed by atoms with Gasteiger partial charge >= 0.3 is 12.1 Å². The highest BCUT2D eigenvalue weighted by atomic mass is 79.9. The maximum absolute atomic E-state index is 11.8. The van der Waals surface area contributed by atoms with Gasteiger partial charge in [-0.05, 0) is 27.7 Å². The third-order valence-electron chi connectivity index (χ3n) is 1.80. The van der Waals surface area contributed by atoms with E-state index in [1.54, 1.807) is 27.7 Å². The van der Waals surface area contributed by atoms with E-state index in [4.69, 9.17) is 9.47 Å². The van der Waals surface area contributed by atoms with Crippen LogP contribution in [0.5, 0.6) is 0 Å². The third kappa shape index (κ3) is 2.75. The number of hydrogen-bond acceptors (Lipinski definition) is 4. The van der Waals surface area contributed by atoms with Crippen molar-refractivity contribution in [2.75, 3.05) is 0 Å². The monoisotopic (exact) mass is 291 g/mol. The minimum atomic E-state index is -0.647. The van der Waals surface area contributed by atoms with Crippen LogP contribution >= 0.6 is 15.9 Å². The summed E-state index contributed by atoms with van der Waals surface area (Å²) in [7, 11) is 0. The summed E-state index contributed by atoms with van der Waals surface area (Å²) in [5.74, 6) is -0.546. The predicted octanol–water partition coefficient (Wildman–Crippen LogP) is 2.36. The Balaban J connectivity index is 2.87. The maximum Gasteiger partial charge on any atom is 0.418 e. The van der Waals surface area contributed by atoms with Gasteiger partial charge in [-0.15, -0.1) is 0 Å². The van der Waals surface area contributed by atoms with Crippen LogP contribution in [0.15, 0.2) is 10.7 Å². The number of halogens is 1. The van der Waals surface area contributed by atoms with E-state index in [0.717, 1.165) is 0 Å². The Bertz CT molecular complexity index is 345. The van der Waals surface area contributed by atoms with Crippen molar-refractivity contribution < 1.29 is 19.1 Å². The summed E-state index contributed by atoms with van der Waals surface area (Å²) < 4.78 is 10.1. The molecule has 0 saturated carbocycles. The molecule has 1 saturated heterocycles. The van der Waals surface area contributed by atoms with Crippen molar-refractivity contribution in [1.29, 1.82) is 0 Å². The molecule has 90 valence electrons. The van der Waals surface area contributed by atoms with E-state index in [2.05, 4.69) is 15.9 Å². The number of ether oxygens (including phenoxy) is 2. The summed E-state index contributed by atoms with van der Waals surface area (Å²) in [4.78, 5) is 25.6. The summed E-state index contributed by atoms with van der Waals surface area (Å²) in [5.41, 5.74) is -0.471. The first-order chi connectivity index (χ1) is 7.26. The minimum absolute atomic E-state index is 0.141. The Morgan fingerprint density at radius 1 is 1.56 bits per heavy atom. The van der Waals surface area contributed by atoms with Crippen molar-refractivity contribution in [3.8, 4) is 0 Å². The van der Waals surface area contributed by atoms with Crippen molar-refractivity contribution in [3.63, 3.8) is 0 Å². The van der Waals surface area contributed by atoms with Crippen molar-refractivity contribution in [1.82, 2.24) is 4.90 Å². The Labute approximate surface area is 103 Å². The predicted molar refractivity (Wildman–Crippen MR) is 60.6 cm³/mol. The summed E-state index contributed by atoms with van der Waals surface area (Å²) in [6, 6.07) is 0. The van der Waals surface area contributed by atoms with Gasteiger partial charge in [-0.3, -0.25) is 0 Å². The van der Waals surface area contributed by atoms with Gasteiger partial charge in [0.05, 0.1) is 0 Å². The first kappa shape index (κ1) is 13.0. The number of rotatable bonds is 0. The van der Waals surface area contributed by atoms with E-state index in [1.807, 2.05) is 0 Å². The number of hydrogen-bond donors (Lipinski definition) is 0. The van der Waals surface area contributed by atoms with Crippen molar-refractivity contribution in [2.24, 2.45) is 0 Å². The van der Waals surface area contributed by atoms with Crippen molar-refractivity contribution >= 4 is 28.0 Å². The molecule has 1 atom stereocenters. The van der Waals surface area contributed by atoms with Gasteiger partial charge in [0.15, 0.2) is 6.23 Å². The van der Waals surface area contributed by atoms with Crippen LogP contribution < -0.4 is 0 Å². The highest BCUT2D eigenvalue weighted by Gasteiger charge is 2.40. The fourth-order valence-corrected chi connectivity index (χ4v) is 1.62. The largest absolute Gasteiger partial charge is 0.443 e. The molecular weight excluding hydrogens is 278 g/mol. The molecule has 1 amide bonds. The van der Waals surface area contributed by atoms with Gasteiger partial charge in [-0.25, -0.2) is 14.5 Å². The number of amides is 1. The topological polar surface area (TPSA) is 55.8 Å². The molecule has 0 aliphatic carbocycles. The summed E-state index contributed by atoms with van der Waals surface area (Å²) >= 11 is 3.02. The normalized spacial score (nSPS) is 23.6. The van der Waals surface area contributed by atoms with Gasteiger partial charge in [0.25, 0.3) is 0 Å². The van der Waals surface area contributed by atoms with Crippen LogP contribution in [0.25, 0.3) is 0 Å². The molecule has 1 rings (SSSR count). The first-order valence-corrected chi connectivity index (χ1v) is 5.71. The fraction of sp³-hybridized carbons (Fsp3) is 0.600. The zero-order valence-electron chi connectivity index (χ0n) is 9.61. The Kier molecular flexibility index (Phi) is 3.62. The number of nitrogens with zero attached hydrogens (tertiary/aromatic N) is 1. The van der Waals surface area contributed by atoms with E-state index in [1.165, 1.54) is 9.89 Å². The van der Waals surface area contributed by atoms with Crippen LogP contribution in [0.2, 0.25) is 0 Å². The second-order valence-corrected chi connectivity index (χ2v) is 4.81. The molecule has 0 spiro atoms. The van der Waals surface area contributed by atoms with E-state index in [9.17, 15) is 9.59 Å². The Morgan fingerprint density at radius 3 is 2.56 bits per heavy atom. The average molecular weight is 292 g/mol. The number of carbonyl (C=O) groups excluding carboxylic acids is 2. The zero-order valence-corrected chi connectivity index (χ0v) is 11.2. The summed E-state index contributed by atoms with van der Waals surface area (Å²) in [5, 5.41) is 0. The highest BCUT2D eigenvalue weighted by molar-refractivity contribution is 9.11. The molecule has 1 fully saturated rings. The Morgan fingerprint density at radius 2 is 2.12 bits per heavy atom. The van der Waals surface area contributed by atoms with Gasteiger partial charge in [0, 0.05) is 4.99 Å². The van der Waals surface area contributed by atoms with Crippen LogP contribution in [-0.2, 0) is 14.3 Å². The van der Waals surface area contributed by atoms with Crippen molar-refractivity contribution in [3.05, 3.63) is 10.7 Å². The molecule has 0 radical (unpaired) electrons. The van der Waals surface area contributed by atoms with E-state index < -0.39 is 23.9 Å². The SMILES string of the molecule is CC1OC(=O)/C(=C/Br)N1C(=O)OC(C)(C)C. The van der Waals surface area contributed by atoms with Crippen LogP contribution in [0.4, 0.5) is 4.79 Å². The second kappa shape index (κ2) is 4.45. The van der Waals surface area contributed by atoms with Gasteiger partial charge in [-0.2, -0.15) is 0 Å². The highest BCUT2D eigenvalue weighted by Crippen LogP contribution is 2.25. The van der Waals surface area contributed by atoms with Gasteiger partial charge in [0.1, 0.15) is 11.3 Å². The van der Waals surface area contributed by atoms with Crippen LogP contribution in [-0.4, -0.2) is 28.8 Å².